The molecule has 2 aromatic rings. The van der Waals surface area contributed by atoms with E-state index in [2.05, 4.69) is 21.9 Å². The third kappa shape index (κ3) is 5.36. The molecule has 2 aromatic carbocycles. The Morgan fingerprint density at radius 1 is 0.969 bits per heavy atom. The summed E-state index contributed by atoms with van der Waals surface area (Å²) in [5.74, 6) is 1.27. The molecule has 0 spiro atoms. The van der Waals surface area contributed by atoms with Crippen LogP contribution in [0.1, 0.15) is 49.0 Å². The molecule has 0 saturated carbocycles. The average Bonchev–Trinajstić information content (AvgIpc) is 2.81. The van der Waals surface area contributed by atoms with E-state index in [9.17, 15) is 9.90 Å². The van der Waals surface area contributed by atoms with Crippen LogP contribution in [-0.2, 0) is 6.54 Å². The van der Waals surface area contributed by atoms with E-state index in [1.807, 2.05) is 36.9 Å². The third-order valence-corrected chi connectivity index (χ3v) is 6.30. The first kappa shape index (κ1) is 22.5. The summed E-state index contributed by atoms with van der Waals surface area (Å²) in [6.07, 6.45) is 3.49. The van der Waals surface area contributed by atoms with Crippen LogP contribution >= 0.6 is 0 Å². The Balaban J connectivity index is 1.39. The number of hydrogen-bond acceptors (Lipinski definition) is 5. The van der Waals surface area contributed by atoms with Crippen molar-refractivity contribution < 1.29 is 14.6 Å². The number of amides is 1. The Bertz CT molecular complexity index is 916. The molecule has 2 aliphatic rings. The summed E-state index contributed by atoms with van der Waals surface area (Å²) in [4.78, 5) is 19.5. The van der Waals surface area contributed by atoms with E-state index >= 15 is 0 Å². The summed E-state index contributed by atoms with van der Waals surface area (Å²) in [6, 6.07) is 13.5. The molecule has 4 rings (SSSR count). The zero-order chi connectivity index (χ0) is 22.5. The summed E-state index contributed by atoms with van der Waals surface area (Å²) in [5.41, 5.74) is 2.64. The molecule has 2 aliphatic heterocycles. The minimum absolute atomic E-state index is 0.0810. The number of likely N-dealkylation sites (tertiary alicyclic amines) is 1. The fourth-order valence-electron chi connectivity index (χ4n) is 4.58. The second-order valence-corrected chi connectivity index (χ2v) is 9.09. The summed E-state index contributed by atoms with van der Waals surface area (Å²) in [5, 5.41) is 10.4. The lowest BCUT2D eigenvalue weighted by Crippen LogP contribution is -2.46. The van der Waals surface area contributed by atoms with Gasteiger partial charge in [-0.25, -0.2) is 0 Å². The molecule has 0 unspecified atom stereocenters. The molecule has 0 radical (unpaired) electrons. The summed E-state index contributed by atoms with van der Waals surface area (Å²) in [6.45, 7) is 9.97. The van der Waals surface area contributed by atoms with Gasteiger partial charge in [-0.2, -0.15) is 0 Å². The van der Waals surface area contributed by atoms with E-state index in [-0.39, 0.29) is 17.8 Å². The minimum atomic E-state index is 0.0810. The Morgan fingerprint density at radius 2 is 1.69 bits per heavy atom. The van der Waals surface area contributed by atoms with Crippen LogP contribution in [0.5, 0.6) is 11.5 Å². The van der Waals surface area contributed by atoms with Gasteiger partial charge in [-0.15, -0.1) is 0 Å². The molecule has 0 aliphatic carbocycles. The van der Waals surface area contributed by atoms with Gasteiger partial charge in [-0.3, -0.25) is 9.69 Å². The summed E-state index contributed by atoms with van der Waals surface area (Å²) in [7, 11) is 0. The highest BCUT2D eigenvalue weighted by Gasteiger charge is 2.23. The molecule has 1 amide bonds. The Morgan fingerprint density at radius 3 is 2.41 bits per heavy atom. The number of hydrogen-bond donors (Lipinski definition) is 1. The van der Waals surface area contributed by atoms with Crippen LogP contribution in [-0.4, -0.2) is 66.2 Å². The molecular weight excluding hydrogens is 402 g/mol. The van der Waals surface area contributed by atoms with Crippen molar-refractivity contribution in [1.82, 2.24) is 9.80 Å². The van der Waals surface area contributed by atoms with Crippen LogP contribution in [0.3, 0.4) is 0 Å². The Kier molecular flexibility index (Phi) is 7.20. The highest BCUT2D eigenvalue weighted by molar-refractivity contribution is 5.94. The second kappa shape index (κ2) is 10.3. The van der Waals surface area contributed by atoms with Crippen molar-refractivity contribution in [3.63, 3.8) is 0 Å². The number of ether oxygens (including phenoxy) is 1. The Labute approximate surface area is 191 Å². The van der Waals surface area contributed by atoms with Crippen molar-refractivity contribution >= 4 is 11.6 Å². The standard InChI is InChI=1S/C26H35N3O3/c1-20(2)32-25-9-5-4-8-23(25)28-16-14-27(15-17-28)19-22-18-21(10-11-24(22)30)26(31)29-12-6-3-7-13-29/h4-5,8-11,18,20,30H,3,6-7,12-17,19H2,1-2H3. The fraction of sp³-hybridized carbons (Fsp3) is 0.500. The quantitative estimate of drug-likeness (QED) is 0.737. The van der Waals surface area contributed by atoms with Gasteiger partial charge in [0.05, 0.1) is 11.8 Å². The summed E-state index contributed by atoms with van der Waals surface area (Å²) >= 11 is 0. The van der Waals surface area contributed by atoms with E-state index < -0.39 is 0 Å². The van der Waals surface area contributed by atoms with Gasteiger partial charge in [0.1, 0.15) is 11.5 Å². The minimum Gasteiger partial charge on any atom is -0.508 e. The molecule has 6 heteroatoms. The third-order valence-electron chi connectivity index (χ3n) is 6.30. The van der Waals surface area contributed by atoms with Crippen molar-refractivity contribution in [1.29, 1.82) is 0 Å². The fourth-order valence-corrected chi connectivity index (χ4v) is 4.58. The van der Waals surface area contributed by atoms with Crippen LogP contribution in [0.2, 0.25) is 0 Å². The monoisotopic (exact) mass is 437 g/mol. The lowest BCUT2D eigenvalue weighted by molar-refractivity contribution is 0.0724. The molecule has 0 aromatic heterocycles. The largest absolute Gasteiger partial charge is 0.508 e. The average molecular weight is 438 g/mol. The molecule has 172 valence electrons. The number of aromatic hydroxyl groups is 1. The number of piperidine rings is 1. The number of phenolic OH excluding ortho intramolecular Hbond substituents is 1. The first-order valence-corrected chi connectivity index (χ1v) is 11.9. The maximum atomic E-state index is 12.9. The number of carbonyl (C=O) groups is 1. The molecule has 32 heavy (non-hydrogen) atoms. The number of para-hydroxylation sites is 2. The van der Waals surface area contributed by atoms with E-state index in [1.165, 1.54) is 6.42 Å². The number of nitrogens with zero attached hydrogens (tertiary/aromatic N) is 3. The predicted octanol–water partition coefficient (Wildman–Crippen LogP) is 4.13. The SMILES string of the molecule is CC(C)Oc1ccccc1N1CCN(Cc2cc(C(=O)N3CCCCC3)ccc2O)CC1. The van der Waals surface area contributed by atoms with Crippen LogP contribution in [0.25, 0.3) is 0 Å². The number of piperazine rings is 1. The Hall–Kier alpha value is -2.73. The van der Waals surface area contributed by atoms with E-state index in [1.54, 1.807) is 12.1 Å². The number of rotatable bonds is 6. The van der Waals surface area contributed by atoms with Gasteiger partial charge >= 0.3 is 0 Å². The molecule has 1 N–H and O–H groups in total. The number of carbonyl (C=O) groups excluding carboxylic acids is 1. The molecular formula is C26H35N3O3. The van der Waals surface area contributed by atoms with Crippen molar-refractivity contribution in [2.75, 3.05) is 44.2 Å². The van der Waals surface area contributed by atoms with Crippen LogP contribution in [0.15, 0.2) is 42.5 Å². The zero-order valence-corrected chi connectivity index (χ0v) is 19.3. The highest BCUT2D eigenvalue weighted by atomic mass is 16.5. The summed E-state index contributed by atoms with van der Waals surface area (Å²) < 4.78 is 6.00. The molecule has 0 atom stereocenters. The number of anilines is 1. The van der Waals surface area contributed by atoms with Gasteiger partial charge in [0.25, 0.3) is 5.91 Å². The second-order valence-electron chi connectivity index (χ2n) is 9.09. The van der Waals surface area contributed by atoms with Gasteiger partial charge in [-0.05, 0) is 63.4 Å². The van der Waals surface area contributed by atoms with E-state index in [0.29, 0.717) is 12.1 Å². The van der Waals surface area contributed by atoms with Crippen molar-refractivity contribution in [3.8, 4) is 11.5 Å². The number of benzene rings is 2. The van der Waals surface area contributed by atoms with Gasteiger partial charge < -0.3 is 19.6 Å². The molecule has 0 bridgehead atoms. The number of phenols is 1. The lowest BCUT2D eigenvalue weighted by Gasteiger charge is -2.37. The smallest absolute Gasteiger partial charge is 0.253 e. The van der Waals surface area contributed by atoms with Gasteiger partial charge in [0, 0.05) is 56.9 Å². The van der Waals surface area contributed by atoms with Crippen LogP contribution in [0, 0.1) is 0 Å². The molecule has 2 heterocycles. The van der Waals surface area contributed by atoms with Crippen LogP contribution in [0.4, 0.5) is 5.69 Å². The van der Waals surface area contributed by atoms with Crippen molar-refractivity contribution in [2.24, 2.45) is 0 Å². The lowest BCUT2D eigenvalue weighted by atomic mass is 10.1. The van der Waals surface area contributed by atoms with Crippen molar-refractivity contribution in [3.05, 3.63) is 53.6 Å². The highest BCUT2D eigenvalue weighted by Crippen LogP contribution is 2.30. The van der Waals surface area contributed by atoms with E-state index in [4.69, 9.17) is 4.74 Å². The maximum Gasteiger partial charge on any atom is 0.253 e. The van der Waals surface area contributed by atoms with E-state index in [0.717, 1.165) is 69.1 Å². The normalized spacial score (nSPS) is 17.6. The predicted molar refractivity (Wildman–Crippen MR) is 128 cm³/mol. The topological polar surface area (TPSA) is 56.2 Å². The van der Waals surface area contributed by atoms with Crippen molar-refractivity contribution in [2.45, 2.75) is 45.8 Å². The first-order chi connectivity index (χ1) is 15.5. The van der Waals surface area contributed by atoms with Gasteiger partial charge in [0.2, 0.25) is 0 Å². The maximum absolute atomic E-state index is 12.9. The molecule has 2 fully saturated rings. The van der Waals surface area contributed by atoms with Gasteiger partial charge in [-0.1, -0.05) is 12.1 Å². The molecule has 6 nitrogen and oxygen atoms in total. The first-order valence-electron chi connectivity index (χ1n) is 11.9. The van der Waals surface area contributed by atoms with Gasteiger partial charge in [0.15, 0.2) is 0 Å². The zero-order valence-electron chi connectivity index (χ0n) is 19.3. The molecule has 2 saturated heterocycles. The van der Waals surface area contributed by atoms with Crippen LogP contribution < -0.4 is 9.64 Å².